The van der Waals surface area contributed by atoms with Crippen LogP contribution < -0.4 is 16.0 Å². The zero-order valence-corrected chi connectivity index (χ0v) is 18.9. The first-order valence-corrected chi connectivity index (χ1v) is 11.9. The van der Waals surface area contributed by atoms with Crippen molar-refractivity contribution in [2.45, 2.75) is 57.9 Å². The summed E-state index contributed by atoms with van der Waals surface area (Å²) in [6.07, 6.45) is 10.1. The van der Waals surface area contributed by atoms with E-state index in [9.17, 15) is 4.79 Å². The Bertz CT molecular complexity index is 893. The molecular formula is C24H32ClN5O. The van der Waals surface area contributed by atoms with Crippen LogP contribution in [0.5, 0.6) is 0 Å². The second kappa shape index (κ2) is 10.4. The number of nitrogens with zero attached hydrogens (tertiary/aromatic N) is 2. The fraction of sp³-hybridized carbons (Fsp3) is 0.542. The van der Waals surface area contributed by atoms with E-state index in [0.717, 1.165) is 36.5 Å². The molecule has 2 aromatic rings. The van der Waals surface area contributed by atoms with Crippen LogP contribution in [-0.4, -0.2) is 35.0 Å². The number of halogens is 1. The van der Waals surface area contributed by atoms with Crippen LogP contribution >= 0.6 is 11.6 Å². The lowest BCUT2D eigenvalue weighted by molar-refractivity contribution is -0.120. The van der Waals surface area contributed by atoms with E-state index in [1.165, 1.54) is 32.1 Å². The number of hydrogen-bond acceptors (Lipinski definition) is 5. The zero-order valence-electron chi connectivity index (χ0n) is 18.2. The molecule has 2 aromatic heterocycles. The van der Waals surface area contributed by atoms with E-state index in [4.69, 9.17) is 16.6 Å². The van der Waals surface area contributed by atoms with Gasteiger partial charge in [-0.2, -0.15) is 0 Å². The largest absolute Gasteiger partial charge is 0.367 e. The molecule has 31 heavy (non-hydrogen) atoms. The molecule has 2 atom stereocenters. The molecule has 3 heterocycles. The molecule has 3 N–H and O–H groups in total. The van der Waals surface area contributed by atoms with Crippen molar-refractivity contribution in [3.63, 3.8) is 0 Å². The maximum Gasteiger partial charge on any atom is 0.229 e. The minimum absolute atomic E-state index is 0.00217. The monoisotopic (exact) mass is 441 g/mol. The Morgan fingerprint density at radius 1 is 1.16 bits per heavy atom. The quantitative estimate of drug-likeness (QED) is 0.580. The Hall–Kier alpha value is -2.18. The van der Waals surface area contributed by atoms with Crippen molar-refractivity contribution in [3.8, 4) is 11.3 Å². The van der Waals surface area contributed by atoms with Gasteiger partial charge in [-0.05, 0) is 63.3 Å². The van der Waals surface area contributed by atoms with Crippen molar-refractivity contribution in [2.75, 3.05) is 23.7 Å². The number of aromatic nitrogens is 2. The minimum atomic E-state index is -0.0263. The predicted octanol–water partition coefficient (Wildman–Crippen LogP) is 5.12. The van der Waals surface area contributed by atoms with Crippen molar-refractivity contribution in [1.29, 1.82) is 0 Å². The first kappa shape index (κ1) is 22.0. The third kappa shape index (κ3) is 5.74. The fourth-order valence-electron chi connectivity index (χ4n) is 4.66. The molecule has 1 saturated carbocycles. The summed E-state index contributed by atoms with van der Waals surface area (Å²) in [7, 11) is 0. The lowest BCUT2D eigenvalue weighted by Crippen LogP contribution is -2.37. The molecule has 7 heteroatoms. The van der Waals surface area contributed by atoms with Crippen LogP contribution in [-0.2, 0) is 4.79 Å². The highest BCUT2D eigenvalue weighted by molar-refractivity contribution is 6.33. The van der Waals surface area contributed by atoms with E-state index in [1.54, 1.807) is 6.20 Å². The van der Waals surface area contributed by atoms with Gasteiger partial charge in [-0.25, -0.2) is 9.97 Å². The van der Waals surface area contributed by atoms with Gasteiger partial charge in [0, 0.05) is 24.3 Å². The Kier molecular flexibility index (Phi) is 7.41. The van der Waals surface area contributed by atoms with Gasteiger partial charge in [0.2, 0.25) is 5.91 Å². The maximum absolute atomic E-state index is 12.6. The van der Waals surface area contributed by atoms with Gasteiger partial charge >= 0.3 is 0 Å². The van der Waals surface area contributed by atoms with E-state index in [0.29, 0.717) is 29.3 Å². The Morgan fingerprint density at radius 3 is 2.77 bits per heavy atom. The lowest BCUT2D eigenvalue weighted by Gasteiger charge is -2.28. The van der Waals surface area contributed by atoms with Gasteiger partial charge in [0.05, 0.1) is 16.6 Å². The number of pyridine rings is 2. The summed E-state index contributed by atoms with van der Waals surface area (Å²) in [4.78, 5) is 21.7. The summed E-state index contributed by atoms with van der Waals surface area (Å²) in [6, 6.07) is 8.12. The van der Waals surface area contributed by atoms with E-state index >= 15 is 0 Å². The smallest absolute Gasteiger partial charge is 0.229 e. The summed E-state index contributed by atoms with van der Waals surface area (Å²) >= 11 is 6.45. The van der Waals surface area contributed by atoms with Crippen LogP contribution in [0.3, 0.4) is 0 Å². The lowest BCUT2D eigenvalue weighted by atomic mass is 9.84. The van der Waals surface area contributed by atoms with Gasteiger partial charge < -0.3 is 16.0 Å². The van der Waals surface area contributed by atoms with Crippen molar-refractivity contribution in [2.24, 2.45) is 11.8 Å². The highest BCUT2D eigenvalue weighted by Gasteiger charge is 2.22. The second-order valence-electron chi connectivity index (χ2n) is 8.82. The van der Waals surface area contributed by atoms with Gasteiger partial charge in [0.1, 0.15) is 11.6 Å². The molecule has 166 valence electrons. The molecule has 1 aliphatic heterocycles. The van der Waals surface area contributed by atoms with Gasteiger partial charge in [-0.15, -0.1) is 0 Å². The topological polar surface area (TPSA) is 78.9 Å². The first-order chi connectivity index (χ1) is 15.1. The summed E-state index contributed by atoms with van der Waals surface area (Å²) < 4.78 is 0. The number of nitrogens with one attached hydrogen (secondary N) is 3. The number of rotatable bonds is 6. The van der Waals surface area contributed by atoms with Crippen LogP contribution in [0.2, 0.25) is 5.02 Å². The highest BCUT2D eigenvalue weighted by atomic mass is 35.5. The number of hydrogen-bond donors (Lipinski definition) is 3. The summed E-state index contributed by atoms with van der Waals surface area (Å²) in [5, 5.41) is 10.3. The Labute approximate surface area is 189 Å². The predicted molar refractivity (Wildman–Crippen MR) is 126 cm³/mol. The fourth-order valence-corrected chi connectivity index (χ4v) is 4.86. The van der Waals surface area contributed by atoms with Crippen LogP contribution in [0, 0.1) is 11.8 Å². The van der Waals surface area contributed by atoms with Crippen molar-refractivity contribution < 1.29 is 4.79 Å². The molecule has 0 spiro atoms. The highest BCUT2D eigenvalue weighted by Crippen LogP contribution is 2.31. The third-order valence-corrected chi connectivity index (χ3v) is 6.83. The van der Waals surface area contributed by atoms with E-state index in [-0.39, 0.29) is 11.8 Å². The normalized spacial score (nSPS) is 20.8. The van der Waals surface area contributed by atoms with Crippen LogP contribution in [0.4, 0.5) is 11.6 Å². The zero-order chi connectivity index (χ0) is 21.6. The molecule has 1 amide bonds. The minimum Gasteiger partial charge on any atom is -0.367 e. The van der Waals surface area contributed by atoms with E-state index in [2.05, 4.69) is 27.9 Å². The molecule has 0 radical (unpaired) electrons. The van der Waals surface area contributed by atoms with Gasteiger partial charge in [-0.3, -0.25) is 4.79 Å². The molecule has 1 aliphatic carbocycles. The average molecular weight is 442 g/mol. The molecule has 1 saturated heterocycles. The second-order valence-corrected chi connectivity index (χ2v) is 9.23. The maximum atomic E-state index is 12.6. The van der Waals surface area contributed by atoms with Crippen molar-refractivity contribution >= 4 is 29.1 Å². The number of amides is 1. The molecule has 2 aliphatic rings. The van der Waals surface area contributed by atoms with E-state index < -0.39 is 0 Å². The molecule has 4 rings (SSSR count). The summed E-state index contributed by atoms with van der Waals surface area (Å²) in [5.41, 5.74) is 1.53. The summed E-state index contributed by atoms with van der Waals surface area (Å²) in [6.45, 7) is 3.93. The Morgan fingerprint density at radius 2 is 2.00 bits per heavy atom. The number of piperidine rings is 1. The van der Waals surface area contributed by atoms with Gasteiger partial charge in [0.25, 0.3) is 0 Å². The van der Waals surface area contributed by atoms with E-state index in [1.807, 2.05) is 24.3 Å². The van der Waals surface area contributed by atoms with Crippen LogP contribution in [0.25, 0.3) is 11.3 Å². The number of carbonyl (C=O) groups excluding carboxylic acids is 1. The number of anilines is 2. The molecule has 0 bridgehead atoms. The standard InChI is InChI=1S/C24H32ClN5O/c1-16(17-7-3-2-4-8-17)28-22-11-5-10-21(29-22)19-13-23(27-15-20(19)25)30-24(31)18-9-6-12-26-14-18/h5,10-11,13,15-18,26H,2-4,6-9,12,14H2,1H3,(H,28,29)(H,27,30,31)/t16-,18-/m1/s1. The molecular weight excluding hydrogens is 410 g/mol. The molecule has 0 aromatic carbocycles. The van der Waals surface area contributed by atoms with Gasteiger partial charge in [-0.1, -0.05) is 36.9 Å². The number of carbonyl (C=O) groups is 1. The van der Waals surface area contributed by atoms with Crippen molar-refractivity contribution in [1.82, 2.24) is 15.3 Å². The first-order valence-electron chi connectivity index (χ1n) is 11.5. The molecule has 0 unspecified atom stereocenters. The SMILES string of the molecule is C[C@@H](Nc1cccc(-c2cc(NC(=O)[C@@H]3CCCNC3)ncc2Cl)n1)C1CCCCC1. The Balaban J connectivity index is 1.47. The molecule has 2 fully saturated rings. The summed E-state index contributed by atoms with van der Waals surface area (Å²) in [5.74, 6) is 2.02. The average Bonchev–Trinajstić information content (AvgIpc) is 2.81. The van der Waals surface area contributed by atoms with Gasteiger partial charge in [0.15, 0.2) is 0 Å². The molecule has 6 nitrogen and oxygen atoms in total. The van der Waals surface area contributed by atoms with Crippen LogP contribution in [0.15, 0.2) is 30.5 Å². The third-order valence-electron chi connectivity index (χ3n) is 6.53. The van der Waals surface area contributed by atoms with Crippen LogP contribution in [0.1, 0.15) is 51.9 Å². The van der Waals surface area contributed by atoms with Crippen molar-refractivity contribution in [3.05, 3.63) is 35.5 Å².